The third-order valence-corrected chi connectivity index (χ3v) is 4.40. The van der Waals surface area contributed by atoms with E-state index in [2.05, 4.69) is 10.5 Å². The van der Waals surface area contributed by atoms with Crippen LogP contribution in [-0.2, 0) is 0 Å². The Labute approximate surface area is 179 Å². The Kier molecular flexibility index (Phi) is 6.83. The molecule has 0 radical (unpaired) electrons. The van der Waals surface area contributed by atoms with Crippen molar-refractivity contribution in [1.29, 1.82) is 0 Å². The molecule has 0 fully saturated rings. The summed E-state index contributed by atoms with van der Waals surface area (Å²) < 4.78 is 10.6. The molecule has 0 spiro atoms. The normalized spacial score (nSPS) is 10.6. The fourth-order valence-electron chi connectivity index (χ4n) is 2.59. The monoisotopic (exact) mass is 422 g/mol. The van der Waals surface area contributed by atoms with Crippen LogP contribution in [0.3, 0.4) is 0 Å². The van der Waals surface area contributed by atoms with E-state index >= 15 is 0 Å². The first kappa shape index (κ1) is 21.1. The lowest BCUT2D eigenvalue weighted by Crippen LogP contribution is -2.18. The summed E-state index contributed by atoms with van der Waals surface area (Å²) in [7, 11) is 1.51. The van der Waals surface area contributed by atoms with Gasteiger partial charge in [-0.1, -0.05) is 17.7 Å². The summed E-state index contributed by atoms with van der Waals surface area (Å²) in [6.07, 6.45) is 1.49. The zero-order valence-electron chi connectivity index (χ0n) is 16.4. The summed E-state index contributed by atoms with van der Waals surface area (Å²) in [6, 6.07) is 18.4. The summed E-state index contributed by atoms with van der Waals surface area (Å²) in [5, 5.41) is 4.51. The van der Waals surface area contributed by atoms with Gasteiger partial charge in [-0.15, -0.1) is 0 Å². The number of halogens is 1. The van der Waals surface area contributed by atoms with Crippen molar-refractivity contribution in [3.05, 3.63) is 94.0 Å². The molecular formula is C23H19ClN2O4. The minimum absolute atomic E-state index is 0.378. The van der Waals surface area contributed by atoms with E-state index in [-0.39, 0.29) is 5.91 Å². The maximum absolute atomic E-state index is 12.3. The van der Waals surface area contributed by atoms with Gasteiger partial charge < -0.3 is 9.47 Å². The molecule has 0 bridgehead atoms. The Morgan fingerprint density at radius 3 is 2.37 bits per heavy atom. The number of amides is 1. The number of nitrogens with one attached hydrogen (secondary N) is 1. The minimum atomic E-state index is -0.479. The first-order chi connectivity index (χ1) is 14.5. The Balaban J connectivity index is 1.59. The van der Waals surface area contributed by atoms with Crippen LogP contribution in [0.4, 0.5) is 0 Å². The van der Waals surface area contributed by atoms with Crippen molar-refractivity contribution >= 4 is 29.7 Å². The number of rotatable bonds is 6. The van der Waals surface area contributed by atoms with E-state index < -0.39 is 5.97 Å². The molecule has 6 nitrogen and oxygen atoms in total. The number of hydrogen-bond acceptors (Lipinski definition) is 5. The number of hydrogen-bond donors (Lipinski definition) is 1. The van der Waals surface area contributed by atoms with E-state index in [9.17, 15) is 9.59 Å². The van der Waals surface area contributed by atoms with Crippen molar-refractivity contribution in [2.24, 2.45) is 5.10 Å². The highest BCUT2D eigenvalue weighted by Crippen LogP contribution is 2.20. The van der Waals surface area contributed by atoms with Gasteiger partial charge in [0.25, 0.3) is 5.91 Å². The lowest BCUT2D eigenvalue weighted by Gasteiger charge is -2.07. The van der Waals surface area contributed by atoms with Crippen LogP contribution in [0.25, 0.3) is 0 Å². The third-order valence-electron chi connectivity index (χ3n) is 4.15. The minimum Gasteiger partial charge on any atom is -0.496 e. The zero-order chi connectivity index (χ0) is 21.5. The number of nitrogens with zero attached hydrogens (tertiary/aromatic N) is 1. The van der Waals surface area contributed by atoms with E-state index in [1.54, 1.807) is 60.7 Å². The Morgan fingerprint density at radius 1 is 1.00 bits per heavy atom. The van der Waals surface area contributed by atoms with Gasteiger partial charge in [0.05, 0.1) is 24.5 Å². The molecule has 3 rings (SSSR count). The molecule has 0 aliphatic carbocycles. The summed E-state index contributed by atoms with van der Waals surface area (Å²) >= 11 is 5.81. The van der Waals surface area contributed by atoms with Crippen LogP contribution in [-0.4, -0.2) is 25.2 Å². The second-order valence-corrected chi connectivity index (χ2v) is 6.80. The molecule has 3 aromatic carbocycles. The first-order valence-corrected chi connectivity index (χ1v) is 9.40. The first-order valence-electron chi connectivity index (χ1n) is 9.02. The molecule has 0 atom stereocenters. The zero-order valence-corrected chi connectivity index (χ0v) is 17.1. The number of carbonyl (C=O) groups is 2. The predicted octanol–water partition coefficient (Wildman–Crippen LogP) is 4.64. The third kappa shape index (κ3) is 5.46. The van der Waals surface area contributed by atoms with Crippen molar-refractivity contribution < 1.29 is 19.1 Å². The van der Waals surface area contributed by atoms with Crippen LogP contribution >= 0.6 is 11.6 Å². The number of esters is 1. The van der Waals surface area contributed by atoms with E-state index in [0.717, 1.165) is 11.1 Å². The molecule has 0 aromatic heterocycles. The predicted molar refractivity (Wildman–Crippen MR) is 116 cm³/mol. The summed E-state index contributed by atoms with van der Waals surface area (Å²) in [5.41, 5.74) is 4.97. The molecule has 1 N–H and O–H groups in total. The Bertz CT molecular complexity index is 1080. The lowest BCUT2D eigenvalue weighted by molar-refractivity contribution is 0.0734. The van der Waals surface area contributed by atoms with Gasteiger partial charge in [-0.3, -0.25) is 4.79 Å². The average Bonchev–Trinajstić information content (AvgIpc) is 2.75. The molecule has 0 saturated heterocycles. The van der Waals surface area contributed by atoms with Gasteiger partial charge >= 0.3 is 5.97 Å². The second-order valence-electron chi connectivity index (χ2n) is 6.37. The molecule has 7 heteroatoms. The van der Waals surface area contributed by atoms with Gasteiger partial charge in [0.1, 0.15) is 11.5 Å². The Morgan fingerprint density at radius 2 is 1.70 bits per heavy atom. The SMILES string of the molecule is COc1cc(C)ccc1C(=O)N/N=C/c1ccc(OC(=O)c2ccc(Cl)cc2)cc1. The number of aryl methyl sites for hydroxylation is 1. The summed E-state index contributed by atoms with van der Waals surface area (Å²) in [6.45, 7) is 1.92. The molecule has 0 saturated carbocycles. The molecular weight excluding hydrogens is 404 g/mol. The number of ether oxygens (including phenoxy) is 2. The highest BCUT2D eigenvalue weighted by molar-refractivity contribution is 6.30. The van der Waals surface area contributed by atoms with Gasteiger partial charge in [-0.05, 0) is 78.7 Å². The molecule has 3 aromatic rings. The molecule has 0 heterocycles. The van der Waals surface area contributed by atoms with Gasteiger partial charge in [-0.25, -0.2) is 10.2 Å². The molecule has 30 heavy (non-hydrogen) atoms. The Hall–Kier alpha value is -3.64. The van der Waals surface area contributed by atoms with Crippen molar-refractivity contribution in [3.63, 3.8) is 0 Å². The number of methoxy groups -OCH3 is 1. The largest absolute Gasteiger partial charge is 0.496 e. The van der Waals surface area contributed by atoms with Crippen molar-refractivity contribution in [2.75, 3.05) is 7.11 Å². The van der Waals surface area contributed by atoms with Crippen LogP contribution < -0.4 is 14.9 Å². The van der Waals surface area contributed by atoms with Crippen molar-refractivity contribution in [2.45, 2.75) is 6.92 Å². The fourth-order valence-corrected chi connectivity index (χ4v) is 2.71. The summed E-state index contributed by atoms with van der Waals surface area (Å²) in [5.74, 6) is 0.0130. The van der Waals surface area contributed by atoms with Crippen molar-refractivity contribution in [3.8, 4) is 11.5 Å². The van der Waals surface area contributed by atoms with E-state index in [1.165, 1.54) is 13.3 Å². The van der Waals surface area contributed by atoms with Crippen LogP contribution in [0.15, 0.2) is 71.8 Å². The van der Waals surface area contributed by atoms with Crippen LogP contribution in [0.5, 0.6) is 11.5 Å². The van der Waals surface area contributed by atoms with Crippen LogP contribution in [0, 0.1) is 6.92 Å². The highest BCUT2D eigenvalue weighted by atomic mass is 35.5. The van der Waals surface area contributed by atoms with Crippen molar-refractivity contribution in [1.82, 2.24) is 5.43 Å². The maximum Gasteiger partial charge on any atom is 0.343 e. The smallest absolute Gasteiger partial charge is 0.343 e. The van der Waals surface area contributed by atoms with Crippen LogP contribution in [0.2, 0.25) is 5.02 Å². The lowest BCUT2D eigenvalue weighted by atomic mass is 10.1. The van der Waals surface area contributed by atoms with E-state index in [4.69, 9.17) is 21.1 Å². The standard InChI is InChI=1S/C23H19ClN2O4/c1-15-3-12-20(21(13-15)29-2)22(27)26-25-14-16-4-10-19(11-5-16)30-23(28)17-6-8-18(24)9-7-17/h3-14H,1-2H3,(H,26,27)/b25-14+. The fraction of sp³-hybridized carbons (Fsp3) is 0.0870. The number of hydrazone groups is 1. The topological polar surface area (TPSA) is 77.0 Å². The molecule has 152 valence electrons. The van der Waals surface area contributed by atoms with E-state index in [0.29, 0.717) is 27.6 Å². The molecule has 1 amide bonds. The van der Waals surface area contributed by atoms with Crippen LogP contribution in [0.1, 0.15) is 31.8 Å². The molecule has 0 unspecified atom stereocenters. The van der Waals surface area contributed by atoms with E-state index in [1.807, 2.05) is 13.0 Å². The van der Waals surface area contributed by atoms with Gasteiger partial charge in [0.2, 0.25) is 0 Å². The maximum atomic E-state index is 12.3. The van der Waals surface area contributed by atoms with Gasteiger partial charge in [-0.2, -0.15) is 5.10 Å². The average molecular weight is 423 g/mol. The number of benzene rings is 3. The van der Waals surface area contributed by atoms with Gasteiger partial charge in [0.15, 0.2) is 0 Å². The highest BCUT2D eigenvalue weighted by Gasteiger charge is 2.11. The summed E-state index contributed by atoms with van der Waals surface area (Å²) in [4.78, 5) is 24.4. The quantitative estimate of drug-likeness (QED) is 0.272. The number of carbonyl (C=O) groups excluding carboxylic acids is 2. The molecule has 0 aliphatic rings. The molecule has 0 aliphatic heterocycles. The van der Waals surface area contributed by atoms with Gasteiger partial charge in [0, 0.05) is 5.02 Å². The second kappa shape index (κ2) is 9.71.